The van der Waals surface area contributed by atoms with Crippen LogP contribution < -0.4 is 10.1 Å². The van der Waals surface area contributed by atoms with Crippen molar-refractivity contribution in [2.75, 3.05) is 5.32 Å². The molecule has 0 atom stereocenters. The van der Waals surface area contributed by atoms with Gasteiger partial charge < -0.3 is 15.2 Å². The van der Waals surface area contributed by atoms with Crippen molar-refractivity contribution in [1.29, 1.82) is 0 Å². The predicted octanol–water partition coefficient (Wildman–Crippen LogP) is 1.27. The molecule has 6 nitrogen and oxygen atoms in total. The second kappa shape index (κ2) is 5.11. The standard InChI is InChI=1S/C11H11NO5/c1-6(13)12-10-5-8(17-7(2)14)3-4-9(10)11(15)16/h3-5H,1-2H3,(H,12,13)(H,15,16). The van der Waals surface area contributed by atoms with Crippen molar-refractivity contribution in [2.45, 2.75) is 13.8 Å². The molecule has 0 unspecified atom stereocenters. The summed E-state index contributed by atoms with van der Waals surface area (Å²) in [5.74, 6) is -1.94. The molecular weight excluding hydrogens is 226 g/mol. The first-order valence-corrected chi connectivity index (χ1v) is 4.73. The molecule has 90 valence electrons. The molecule has 2 N–H and O–H groups in total. The average Bonchev–Trinajstić information content (AvgIpc) is 2.15. The van der Waals surface area contributed by atoms with Crippen molar-refractivity contribution in [1.82, 2.24) is 0 Å². The summed E-state index contributed by atoms with van der Waals surface area (Å²) in [5, 5.41) is 11.2. The largest absolute Gasteiger partial charge is 0.478 e. The van der Waals surface area contributed by atoms with Crippen LogP contribution in [-0.2, 0) is 9.59 Å². The maximum atomic E-state index is 10.9. The number of amides is 1. The number of aromatic carboxylic acids is 1. The SMILES string of the molecule is CC(=O)Nc1cc(OC(C)=O)ccc1C(=O)O. The molecule has 1 aromatic rings. The fourth-order valence-corrected chi connectivity index (χ4v) is 1.23. The summed E-state index contributed by atoms with van der Waals surface area (Å²) in [4.78, 5) is 32.5. The Hall–Kier alpha value is -2.37. The number of carbonyl (C=O) groups is 3. The molecular formula is C11H11NO5. The number of rotatable bonds is 3. The number of carbonyl (C=O) groups excluding carboxylic acids is 2. The molecule has 1 aromatic carbocycles. The Balaban J connectivity index is 3.13. The van der Waals surface area contributed by atoms with Gasteiger partial charge in [0.25, 0.3) is 0 Å². The lowest BCUT2D eigenvalue weighted by atomic mass is 10.1. The number of nitrogens with one attached hydrogen (secondary N) is 1. The van der Waals surface area contributed by atoms with Crippen molar-refractivity contribution in [3.63, 3.8) is 0 Å². The van der Waals surface area contributed by atoms with Gasteiger partial charge in [-0.15, -0.1) is 0 Å². The first kappa shape index (κ1) is 12.7. The molecule has 1 amide bonds. The number of ether oxygens (including phenoxy) is 1. The molecule has 1 rings (SSSR count). The van der Waals surface area contributed by atoms with Gasteiger partial charge in [0.15, 0.2) is 0 Å². The maximum Gasteiger partial charge on any atom is 0.337 e. The van der Waals surface area contributed by atoms with Crippen LogP contribution >= 0.6 is 0 Å². The number of carboxylic acid groups (broad SMARTS) is 1. The van der Waals surface area contributed by atoms with Crippen molar-refractivity contribution in [3.05, 3.63) is 23.8 Å². The van der Waals surface area contributed by atoms with E-state index in [1.165, 1.54) is 32.0 Å². The number of esters is 1. The lowest BCUT2D eigenvalue weighted by Crippen LogP contribution is -2.11. The predicted molar refractivity (Wildman–Crippen MR) is 59.0 cm³/mol. The van der Waals surface area contributed by atoms with E-state index < -0.39 is 17.8 Å². The highest BCUT2D eigenvalue weighted by molar-refractivity contribution is 6.00. The molecule has 0 heterocycles. The molecule has 17 heavy (non-hydrogen) atoms. The zero-order chi connectivity index (χ0) is 13.0. The average molecular weight is 237 g/mol. The van der Waals surface area contributed by atoms with Gasteiger partial charge in [-0.1, -0.05) is 0 Å². The first-order valence-electron chi connectivity index (χ1n) is 4.73. The van der Waals surface area contributed by atoms with E-state index >= 15 is 0 Å². The maximum absolute atomic E-state index is 10.9. The van der Waals surface area contributed by atoms with Gasteiger partial charge in [-0.05, 0) is 12.1 Å². The normalized spacial score (nSPS) is 9.53. The fraction of sp³-hybridized carbons (Fsp3) is 0.182. The summed E-state index contributed by atoms with van der Waals surface area (Å²) in [7, 11) is 0. The molecule has 0 aliphatic rings. The lowest BCUT2D eigenvalue weighted by molar-refractivity contribution is -0.131. The monoisotopic (exact) mass is 237 g/mol. The minimum absolute atomic E-state index is 0.0731. The Labute approximate surface area is 97.2 Å². The summed E-state index contributed by atoms with van der Waals surface area (Å²) in [6, 6.07) is 3.88. The Morgan fingerprint density at radius 1 is 1.24 bits per heavy atom. The van der Waals surface area contributed by atoms with E-state index in [9.17, 15) is 14.4 Å². The number of hydrogen-bond acceptors (Lipinski definition) is 4. The molecule has 0 aliphatic heterocycles. The van der Waals surface area contributed by atoms with Gasteiger partial charge in [0.2, 0.25) is 5.91 Å². The second-order valence-electron chi connectivity index (χ2n) is 3.29. The first-order chi connectivity index (χ1) is 7.90. The zero-order valence-electron chi connectivity index (χ0n) is 9.31. The van der Waals surface area contributed by atoms with Crippen LogP contribution in [0.2, 0.25) is 0 Å². The fourth-order valence-electron chi connectivity index (χ4n) is 1.23. The highest BCUT2D eigenvalue weighted by Crippen LogP contribution is 2.23. The summed E-state index contributed by atoms with van der Waals surface area (Å²) in [6.45, 7) is 2.48. The second-order valence-corrected chi connectivity index (χ2v) is 3.29. The van der Waals surface area contributed by atoms with E-state index in [0.29, 0.717) is 0 Å². The topological polar surface area (TPSA) is 92.7 Å². The minimum atomic E-state index is -1.18. The van der Waals surface area contributed by atoms with E-state index in [4.69, 9.17) is 9.84 Å². The van der Waals surface area contributed by atoms with Gasteiger partial charge >= 0.3 is 11.9 Å². The Bertz CT molecular complexity index is 481. The van der Waals surface area contributed by atoms with Crippen LogP contribution in [0.4, 0.5) is 5.69 Å². The Kier molecular flexibility index (Phi) is 3.82. The van der Waals surface area contributed by atoms with Gasteiger partial charge in [0, 0.05) is 19.9 Å². The molecule has 0 saturated heterocycles. The number of benzene rings is 1. The number of anilines is 1. The molecule has 0 bridgehead atoms. The van der Waals surface area contributed by atoms with E-state index in [0.717, 1.165) is 0 Å². The smallest absolute Gasteiger partial charge is 0.337 e. The summed E-state index contributed by atoms with van der Waals surface area (Å²) < 4.78 is 4.79. The quantitative estimate of drug-likeness (QED) is 0.610. The molecule has 0 saturated carbocycles. The van der Waals surface area contributed by atoms with Gasteiger partial charge in [0.1, 0.15) is 5.75 Å². The van der Waals surface area contributed by atoms with Crippen LogP contribution in [-0.4, -0.2) is 23.0 Å². The van der Waals surface area contributed by atoms with Crippen molar-refractivity contribution in [2.24, 2.45) is 0 Å². The lowest BCUT2D eigenvalue weighted by Gasteiger charge is -2.08. The summed E-state index contributed by atoms with van der Waals surface area (Å²) >= 11 is 0. The van der Waals surface area contributed by atoms with Crippen molar-refractivity contribution < 1.29 is 24.2 Å². The van der Waals surface area contributed by atoms with Gasteiger partial charge in [-0.3, -0.25) is 9.59 Å². The highest BCUT2D eigenvalue weighted by Gasteiger charge is 2.12. The van der Waals surface area contributed by atoms with E-state index in [1.54, 1.807) is 0 Å². The minimum Gasteiger partial charge on any atom is -0.478 e. The van der Waals surface area contributed by atoms with Gasteiger partial charge in [-0.25, -0.2) is 4.79 Å². The molecule has 0 aromatic heterocycles. The summed E-state index contributed by atoms with van der Waals surface area (Å²) in [5.41, 5.74) is 0.0138. The third-order valence-electron chi connectivity index (χ3n) is 1.79. The molecule has 0 radical (unpaired) electrons. The van der Waals surface area contributed by atoms with Gasteiger partial charge in [-0.2, -0.15) is 0 Å². The van der Waals surface area contributed by atoms with Crippen LogP contribution in [0.3, 0.4) is 0 Å². The van der Waals surface area contributed by atoms with E-state index in [1.807, 2.05) is 0 Å². The zero-order valence-corrected chi connectivity index (χ0v) is 9.31. The molecule has 6 heteroatoms. The number of carboxylic acids is 1. The third kappa shape index (κ3) is 3.60. The van der Waals surface area contributed by atoms with Crippen LogP contribution in [0.1, 0.15) is 24.2 Å². The van der Waals surface area contributed by atoms with E-state index in [2.05, 4.69) is 5.32 Å². The Morgan fingerprint density at radius 3 is 2.35 bits per heavy atom. The van der Waals surface area contributed by atoms with Crippen molar-refractivity contribution in [3.8, 4) is 5.75 Å². The van der Waals surface area contributed by atoms with Crippen LogP contribution in [0.15, 0.2) is 18.2 Å². The highest BCUT2D eigenvalue weighted by atomic mass is 16.5. The molecule has 0 aliphatic carbocycles. The van der Waals surface area contributed by atoms with Crippen LogP contribution in [0.25, 0.3) is 0 Å². The number of hydrogen-bond donors (Lipinski definition) is 2. The van der Waals surface area contributed by atoms with Crippen molar-refractivity contribution >= 4 is 23.5 Å². The Morgan fingerprint density at radius 2 is 1.88 bits per heavy atom. The third-order valence-corrected chi connectivity index (χ3v) is 1.79. The van der Waals surface area contributed by atoms with Gasteiger partial charge in [0.05, 0.1) is 11.3 Å². The molecule has 0 fully saturated rings. The van der Waals surface area contributed by atoms with E-state index in [-0.39, 0.29) is 17.0 Å². The molecule has 0 spiro atoms. The van der Waals surface area contributed by atoms with Crippen LogP contribution in [0, 0.1) is 0 Å². The van der Waals surface area contributed by atoms with Crippen LogP contribution in [0.5, 0.6) is 5.75 Å². The summed E-state index contributed by atoms with van der Waals surface area (Å²) in [6.07, 6.45) is 0.